The summed E-state index contributed by atoms with van der Waals surface area (Å²) in [5.74, 6) is 0.926. The lowest BCUT2D eigenvalue weighted by Crippen LogP contribution is -2.31. The summed E-state index contributed by atoms with van der Waals surface area (Å²) >= 11 is 1.68. The highest BCUT2D eigenvalue weighted by molar-refractivity contribution is 7.98. The third-order valence-electron chi connectivity index (χ3n) is 3.00. The molecule has 0 fully saturated rings. The third kappa shape index (κ3) is 4.42. The van der Waals surface area contributed by atoms with E-state index in [1.54, 1.807) is 18.0 Å². The maximum Gasteiger partial charge on any atom is 0.221 e. The van der Waals surface area contributed by atoms with E-state index < -0.39 is 0 Å². The zero-order valence-corrected chi connectivity index (χ0v) is 12.3. The van der Waals surface area contributed by atoms with Crippen LogP contribution >= 0.6 is 11.8 Å². The number of nitrogens with zero attached hydrogens (tertiary/aromatic N) is 2. The Hall–Kier alpha value is -1.75. The summed E-state index contributed by atoms with van der Waals surface area (Å²) in [6.07, 6.45) is 6.21. The molecule has 0 saturated carbocycles. The Kier molecular flexibility index (Phi) is 5.68. The molecule has 5 heteroatoms. The minimum absolute atomic E-state index is 0.0505. The SMILES string of the molecule is CSCCC(=O)NC(Cn1cccn1)c1ccccc1. The van der Waals surface area contributed by atoms with Crippen molar-refractivity contribution >= 4 is 17.7 Å². The molecule has 2 rings (SSSR count). The molecule has 106 valence electrons. The number of hydrogen-bond donors (Lipinski definition) is 1. The molecule has 1 heterocycles. The molecule has 0 spiro atoms. The molecule has 1 aromatic heterocycles. The van der Waals surface area contributed by atoms with Gasteiger partial charge in [0.1, 0.15) is 0 Å². The first-order chi connectivity index (χ1) is 9.79. The number of benzene rings is 1. The number of thioether (sulfide) groups is 1. The Morgan fingerprint density at radius 1 is 1.35 bits per heavy atom. The number of aromatic nitrogens is 2. The van der Waals surface area contributed by atoms with Crippen LogP contribution in [0, 0.1) is 0 Å². The van der Waals surface area contributed by atoms with E-state index in [0.717, 1.165) is 11.3 Å². The van der Waals surface area contributed by atoms with Crippen LogP contribution in [0.1, 0.15) is 18.0 Å². The molecular formula is C15H19N3OS. The van der Waals surface area contributed by atoms with E-state index in [0.29, 0.717) is 13.0 Å². The van der Waals surface area contributed by atoms with Gasteiger partial charge in [0.15, 0.2) is 0 Å². The molecule has 1 amide bonds. The standard InChI is InChI=1S/C15H19N3OS/c1-20-11-8-15(19)17-14(12-18-10-5-9-16-18)13-6-3-2-4-7-13/h2-7,9-10,14H,8,11-12H2,1H3,(H,17,19). The van der Waals surface area contributed by atoms with Crippen molar-refractivity contribution in [3.8, 4) is 0 Å². The fourth-order valence-corrected chi connectivity index (χ4v) is 2.37. The van der Waals surface area contributed by atoms with E-state index in [2.05, 4.69) is 10.4 Å². The summed E-state index contributed by atoms with van der Waals surface area (Å²) in [6, 6.07) is 11.8. The molecule has 1 N–H and O–H groups in total. The molecule has 0 radical (unpaired) electrons. The van der Waals surface area contributed by atoms with Gasteiger partial charge in [-0.2, -0.15) is 16.9 Å². The second-order valence-corrected chi connectivity index (χ2v) is 5.49. The smallest absolute Gasteiger partial charge is 0.221 e. The Morgan fingerprint density at radius 2 is 2.15 bits per heavy atom. The normalized spacial score (nSPS) is 12.1. The van der Waals surface area contributed by atoms with Crippen LogP contribution < -0.4 is 5.32 Å². The molecule has 0 aliphatic carbocycles. The lowest BCUT2D eigenvalue weighted by Gasteiger charge is -2.19. The number of hydrogen-bond acceptors (Lipinski definition) is 3. The number of carbonyl (C=O) groups is 1. The number of nitrogens with one attached hydrogen (secondary N) is 1. The number of amides is 1. The Bertz CT molecular complexity index is 513. The van der Waals surface area contributed by atoms with Gasteiger partial charge in [-0.3, -0.25) is 9.48 Å². The molecule has 1 unspecified atom stereocenters. The van der Waals surface area contributed by atoms with Crippen molar-refractivity contribution < 1.29 is 4.79 Å². The summed E-state index contributed by atoms with van der Waals surface area (Å²) in [6.45, 7) is 0.641. The highest BCUT2D eigenvalue weighted by Crippen LogP contribution is 2.15. The molecule has 0 aliphatic heterocycles. The Labute approximate surface area is 123 Å². The Balaban J connectivity index is 2.06. The van der Waals surface area contributed by atoms with Gasteiger partial charge in [-0.25, -0.2) is 0 Å². The van der Waals surface area contributed by atoms with Gasteiger partial charge in [-0.15, -0.1) is 0 Å². The molecule has 20 heavy (non-hydrogen) atoms. The minimum atomic E-state index is -0.0505. The molecule has 0 aliphatic rings. The topological polar surface area (TPSA) is 46.9 Å². The second kappa shape index (κ2) is 7.75. The quantitative estimate of drug-likeness (QED) is 0.852. The predicted octanol–water partition coefficient (Wildman–Crippen LogP) is 2.49. The van der Waals surface area contributed by atoms with E-state index in [1.165, 1.54) is 0 Å². The van der Waals surface area contributed by atoms with Crippen molar-refractivity contribution in [2.45, 2.75) is 19.0 Å². The summed E-state index contributed by atoms with van der Waals surface area (Å²) in [7, 11) is 0. The van der Waals surface area contributed by atoms with Gasteiger partial charge in [0.05, 0.1) is 12.6 Å². The average Bonchev–Trinajstić information content (AvgIpc) is 2.98. The van der Waals surface area contributed by atoms with Gasteiger partial charge in [-0.1, -0.05) is 30.3 Å². The molecule has 1 atom stereocenters. The van der Waals surface area contributed by atoms with Crippen molar-refractivity contribution in [3.05, 3.63) is 54.4 Å². The largest absolute Gasteiger partial charge is 0.347 e. The summed E-state index contributed by atoms with van der Waals surface area (Å²) < 4.78 is 1.84. The molecule has 0 saturated heterocycles. The fourth-order valence-electron chi connectivity index (χ4n) is 1.98. The maximum absolute atomic E-state index is 12.0. The van der Waals surface area contributed by atoms with Crippen LogP contribution in [0.4, 0.5) is 0 Å². The molecule has 4 nitrogen and oxygen atoms in total. The zero-order valence-electron chi connectivity index (χ0n) is 11.5. The van der Waals surface area contributed by atoms with Crippen LogP contribution in [0.5, 0.6) is 0 Å². The molecule has 1 aromatic carbocycles. The van der Waals surface area contributed by atoms with Gasteiger partial charge in [0, 0.05) is 24.6 Å². The van der Waals surface area contributed by atoms with Crippen LogP contribution in [0.2, 0.25) is 0 Å². The summed E-state index contributed by atoms with van der Waals surface area (Å²) in [5, 5.41) is 7.31. The number of carbonyl (C=O) groups excluding carboxylic acids is 1. The van der Waals surface area contributed by atoms with Crippen LogP contribution in [0.15, 0.2) is 48.8 Å². The first-order valence-corrected chi connectivity index (χ1v) is 7.99. The Morgan fingerprint density at radius 3 is 2.80 bits per heavy atom. The van der Waals surface area contributed by atoms with Crippen molar-refractivity contribution in [2.75, 3.05) is 12.0 Å². The first-order valence-electron chi connectivity index (χ1n) is 6.60. The lowest BCUT2D eigenvalue weighted by molar-refractivity contribution is -0.121. The van der Waals surface area contributed by atoms with E-state index in [4.69, 9.17) is 0 Å². The van der Waals surface area contributed by atoms with E-state index in [1.807, 2.05) is 53.5 Å². The summed E-state index contributed by atoms with van der Waals surface area (Å²) in [5.41, 5.74) is 1.10. The molecule has 2 aromatic rings. The average molecular weight is 289 g/mol. The van der Waals surface area contributed by atoms with Gasteiger partial charge in [-0.05, 0) is 17.9 Å². The first kappa shape index (κ1) is 14.7. The van der Waals surface area contributed by atoms with Gasteiger partial charge in [0.25, 0.3) is 0 Å². The van der Waals surface area contributed by atoms with Gasteiger partial charge >= 0.3 is 0 Å². The predicted molar refractivity (Wildman–Crippen MR) is 82.6 cm³/mol. The van der Waals surface area contributed by atoms with E-state index in [-0.39, 0.29) is 11.9 Å². The molecular weight excluding hydrogens is 270 g/mol. The van der Waals surface area contributed by atoms with E-state index in [9.17, 15) is 4.79 Å². The highest BCUT2D eigenvalue weighted by Gasteiger charge is 2.15. The third-order valence-corrected chi connectivity index (χ3v) is 3.61. The van der Waals surface area contributed by atoms with Crippen LogP contribution in [0.25, 0.3) is 0 Å². The molecule has 0 bridgehead atoms. The van der Waals surface area contributed by atoms with Crippen molar-refractivity contribution in [3.63, 3.8) is 0 Å². The van der Waals surface area contributed by atoms with Gasteiger partial charge in [0.2, 0.25) is 5.91 Å². The minimum Gasteiger partial charge on any atom is -0.347 e. The van der Waals surface area contributed by atoms with Crippen molar-refractivity contribution in [1.29, 1.82) is 0 Å². The van der Waals surface area contributed by atoms with Crippen molar-refractivity contribution in [2.24, 2.45) is 0 Å². The van der Waals surface area contributed by atoms with Crippen LogP contribution in [-0.2, 0) is 11.3 Å². The van der Waals surface area contributed by atoms with Crippen LogP contribution in [-0.4, -0.2) is 27.7 Å². The monoisotopic (exact) mass is 289 g/mol. The van der Waals surface area contributed by atoms with Crippen molar-refractivity contribution in [1.82, 2.24) is 15.1 Å². The fraction of sp³-hybridized carbons (Fsp3) is 0.333. The number of rotatable bonds is 7. The van der Waals surface area contributed by atoms with E-state index >= 15 is 0 Å². The van der Waals surface area contributed by atoms with Crippen LogP contribution in [0.3, 0.4) is 0 Å². The second-order valence-electron chi connectivity index (χ2n) is 4.50. The lowest BCUT2D eigenvalue weighted by atomic mass is 10.1. The summed E-state index contributed by atoms with van der Waals surface area (Å²) in [4.78, 5) is 12.0. The highest BCUT2D eigenvalue weighted by atomic mass is 32.2. The maximum atomic E-state index is 12.0. The van der Waals surface area contributed by atoms with Gasteiger partial charge < -0.3 is 5.32 Å². The zero-order chi connectivity index (χ0) is 14.2.